The van der Waals surface area contributed by atoms with Gasteiger partial charge in [-0.1, -0.05) is 6.07 Å². The number of hydrogen-bond acceptors (Lipinski definition) is 3. The predicted octanol–water partition coefficient (Wildman–Crippen LogP) is 3.33. The molecule has 0 radical (unpaired) electrons. The summed E-state index contributed by atoms with van der Waals surface area (Å²) in [4.78, 5) is 0. The van der Waals surface area contributed by atoms with E-state index in [-0.39, 0.29) is 18.2 Å². The van der Waals surface area contributed by atoms with Crippen molar-refractivity contribution in [2.45, 2.75) is 0 Å². The van der Waals surface area contributed by atoms with E-state index in [1.807, 2.05) is 12.1 Å². The van der Waals surface area contributed by atoms with Gasteiger partial charge >= 0.3 is 0 Å². The quantitative estimate of drug-likeness (QED) is 0.652. The van der Waals surface area contributed by atoms with Crippen molar-refractivity contribution in [3.8, 4) is 11.5 Å². The Morgan fingerprint density at radius 1 is 1.00 bits per heavy atom. The highest BCUT2D eigenvalue weighted by molar-refractivity contribution is 5.85. The SMILES string of the molecule is Cl.NNc1cccc(Oc2ccc(F)cc2)c1. The third-order valence-corrected chi connectivity index (χ3v) is 2.05. The number of hydrogen-bond donors (Lipinski definition) is 2. The Balaban J connectivity index is 0.00000144. The Morgan fingerprint density at radius 3 is 2.35 bits per heavy atom. The summed E-state index contributed by atoms with van der Waals surface area (Å²) in [7, 11) is 0. The molecule has 0 fully saturated rings. The van der Waals surface area contributed by atoms with Gasteiger partial charge in [-0.25, -0.2) is 4.39 Å². The molecule has 0 aliphatic carbocycles. The first-order valence-electron chi connectivity index (χ1n) is 4.78. The zero-order valence-corrected chi connectivity index (χ0v) is 9.71. The van der Waals surface area contributed by atoms with Crippen LogP contribution in [0.3, 0.4) is 0 Å². The highest BCUT2D eigenvalue weighted by Gasteiger charge is 1.98. The number of nitrogen functional groups attached to an aromatic ring is 1. The number of rotatable bonds is 3. The van der Waals surface area contributed by atoms with Crippen LogP contribution in [-0.2, 0) is 0 Å². The second-order valence-corrected chi connectivity index (χ2v) is 3.23. The monoisotopic (exact) mass is 254 g/mol. The van der Waals surface area contributed by atoms with Gasteiger partial charge in [0, 0.05) is 6.07 Å². The molecule has 0 atom stereocenters. The zero-order valence-electron chi connectivity index (χ0n) is 8.89. The molecule has 17 heavy (non-hydrogen) atoms. The number of benzene rings is 2. The molecule has 0 saturated heterocycles. The maximum absolute atomic E-state index is 12.7. The van der Waals surface area contributed by atoms with Crippen molar-refractivity contribution in [2.75, 3.05) is 5.43 Å². The number of nitrogens with one attached hydrogen (secondary N) is 1. The van der Waals surface area contributed by atoms with Gasteiger partial charge in [-0.15, -0.1) is 12.4 Å². The molecular weight excluding hydrogens is 243 g/mol. The van der Waals surface area contributed by atoms with Crippen LogP contribution in [0, 0.1) is 5.82 Å². The molecule has 3 nitrogen and oxygen atoms in total. The van der Waals surface area contributed by atoms with Crippen molar-refractivity contribution < 1.29 is 9.13 Å². The van der Waals surface area contributed by atoms with Gasteiger partial charge in [0.05, 0.1) is 5.69 Å². The first-order chi connectivity index (χ1) is 7.78. The lowest BCUT2D eigenvalue weighted by molar-refractivity contribution is 0.481. The Bertz CT molecular complexity index is 476. The average Bonchev–Trinajstić information content (AvgIpc) is 2.32. The van der Waals surface area contributed by atoms with Crippen molar-refractivity contribution in [2.24, 2.45) is 5.84 Å². The summed E-state index contributed by atoms with van der Waals surface area (Å²) in [6, 6.07) is 13.0. The van der Waals surface area contributed by atoms with Gasteiger partial charge in [-0.2, -0.15) is 0 Å². The van der Waals surface area contributed by atoms with Crippen LogP contribution in [0.2, 0.25) is 0 Å². The Kier molecular flexibility index (Phi) is 4.75. The van der Waals surface area contributed by atoms with Crippen LogP contribution in [0.4, 0.5) is 10.1 Å². The smallest absolute Gasteiger partial charge is 0.129 e. The van der Waals surface area contributed by atoms with E-state index in [4.69, 9.17) is 10.6 Å². The van der Waals surface area contributed by atoms with E-state index in [0.717, 1.165) is 5.69 Å². The lowest BCUT2D eigenvalue weighted by Gasteiger charge is -2.07. The molecule has 2 aromatic rings. The Hall–Kier alpha value is -1.78. The summed E-state index contributed by atoms with van der Waals surface area (Å²) in [5, 5.41) is 0. The van der Waals surface area contributed by atoms with Crippen LogP contribution in [0.5, 0.6) is 11.5 Å². The third-order valence-electron chi connectivity index (χ3n) is 2.05. The second kappa shape index (κ2) is 6.08. The van der Waals surface area contributed by atoms with Crippen molar-refractivity contribution >= 4 is 18.1 Å². The molecule has 0 spiro atoms. The van der Waals surface area contributed by atoms with Crippen molar-refractivity contribution in [3.63, 3.8) is 0 Å². The first kappa shape index (κ1) is 13.3. The van der Waals surface area contributed by atoms with Crippen LogP contribution in [0.25, 0.3) is 0 Å². The molecule has 90 valence electrons. The van der Waals surface area contributed by atoms with Crippen molar-refractivity contribution in [1.29, 1.82) is 0 Å². The Labute approximate surface area is 105 Å². The fourth-order valence-electron chi connectivity index (χ4n) is 1.29. The molecule has 0 amide bonds. The molecule has 0 bridgehead atoms. The number of hydrazine groups is 1. The van der Waals surface area contributed by atoms with Gasteiger partial charge in [-0.3, -0.25) is 5.84 Å². The minimum Gasteiger partial charge on any atom is -0.457 e. The van der Waals surface area contributed by atoms with Crippen molar-refractivity contribution in [3.05, 3.63) is 54.3 Å². The van der Waals surface area contributed by atoms with E-state index < -0.39 is 0 Å². The largest absolute Gasteiger partial charge is 0.457 e. The van der Waals surface area contributed by atoms with Crippen LogP contribution in [-0.4, -0.2) is 0 Å². The summed E-state index contributed by atoms with van der Waals surface area (Å²) in [5.41, 5.74) is 3.27. The Morgan fingerprint density at radius 2 is 1.71 bits per heavy atom. The van der Waals surface area contributed by atoms with E-state index in [1.54, 1.807) is 24.3 Å². The van der Waals surface area contributed by atoms with Gasteiger partial charge in [0.1, 0.15) is 17.3 Å². The van der Waals surface area contributed by atoms with Gasteiger partial charge in [-0.05, 0) is 36.4 Å². The number of ether oxygens (including phenoxy) is 1. The normalized spacial score (nSPS) is 9.29. The predicted molar refractivity (Wildman–Crippen MR) is 68.0 cm³/mol. The molecule has 0 aliphatic rings. The molecule has 2 aromatic carbocycles. The van der Waals surface area contributed by atoms with Gasteiger partial charge in [0.25, 0.3) is 0 Å². The number of anilines is 1. The molecule has 0 saturated carbocycles. The summed E-state index contributed by atoms with van der Waals surface area (Å²) < 4.78 is 18.2. The average molecular weight is 255 g/mol. The van der Waals surface area contributed by atoms with E-state index in [9.17, 15) is 4.39 Å². The second-order valence-electron chi connectivity index (χ2n) is 3.23. The topological polar surface area (TPSA) is 47.3 Å². The summed E-state index contributed by atoms with van der Waals surface area (Å²) in [6.45, 7) is 0. The summed E-state index contributed by atoms with van der Waals surface area (Å²) in [5.74, 6) is 6.21. The fourth-order valence-corrected chi connectivity index (χ4v) is 1.29. The lowest BCUT2D eigenvalue weighted by Crippen LogP contribution is -2.06. The van der Waals surface area contributed by atoms with Gasteiger partial charge < -0.3 is 10.2 Å². The molecule has 0 aromatic heterocycles. The van der Waals surface area contributed by atoms with E-state index >= 15 is 0 Å². The van der Waals surface area contributed by atoms with Crippen LogP contribution >= 0.6 is 12.4 Å². The maximum atomic E-state index is 12.7. The lowest BCUT2D eigenvalue weighted by atomic mass is 10.3. The molecule has 0 unspecified atom stereocenters. The first-order valence-corrected chi connectivity index (χ1v) is 4.78. The molecule has 5 heteroatoms. The standard InChI is InChI=1S/C12H11FN2O.ClH/c13-9-4-6-11(7-5-9)16-12-3-1-2-10(8-12)15-14;/h1-8,15H,14H2;1H. The molecule has 2 rings (SSSR count). The van der Waals surface area contributed by atoms with Gasteiger partial charge in [0.15, 0.2) is 0 Å². The molecule has 0 aliphatic heterocycles. The van der Waals surface area contributed by atoms with Gasteiger partial charge in [0.2, 0.25) is 0 Å². The fraction of sp³-hybridized carbons (Fsp3) is 0. The van der Waals surface area contributed by atoms with E-state index in [0.29, 0.717) is 11.5 Å². The molecule has 0 heterocycles. The number of nitrogens with two attached hydrogens (primary N) is 1. The third kappa shape index (κ3) is 3.62. The van der Waals surface area contributed by atoms with Crippen LogP contribution < -0.4 is 16.0 Å². The van der Waals surface area contributed by atoms with Crippen LogP contribution in [0.1, 0.15) is 0 Å². The summed E-state index contributed by atoms with van der Waals surface area (Å²) >= 11 is 0. The minimum atomic E-state index is -0.287. The van der Waals surface area contributed by atoms with E-state index in [2.05, 4.69) is 5.43 Å². The minimum absolute atomic E-state index is 0. The number of halogens is 2. The summed E-state index contributed by atoms with van der Waals surface area (Å²) in [6.07, 6.45) is 0. The van der Waals surface area contributed by atoms with Crippen molar-refractivity contribution in [1.82, 2.24) is 0 Å². The van der Waals surface area contributed by atoms with Crippen LogP contribution in [0.15, 0.2) is 48.5 Å². The zero-order chi connectivity index (χ0) is 11.4. The highest BCUT2D eigenvalue weighted by atomic mass is 35.5. The van der Waals surface area contributed by atoms with E-state index in [1.165, 1.54) is 12.1 Å². The maximum Gasteiger partial charge on any atom is 0.129 e. The molecular formula is C12H12ClFN2O. The highest BCUT2D eigenvalue weighted by Crippen LogP contribution is 2.23. The molecule has 3 N–H and O–H groups in total.